The zero-order chi connectivity index (χ0) is 12.2. The minimum Gasteiger partial charge on any atom is -0.388 e. The Kier molecular flexibility index (Phi) is 2.64. The van der Waals surface area contributed by atoms with Crippen molar-refractivity contribution < 1.29 is 13.5 Å². The summed E-state index contributed by atoms with van der Waals surface area (Å²) in [4.78, 5) is 0. The van der Waals surface area contributed by atoms with Crippen LogP contribution in [0, 0.1) is 0 Å². The highest BCUT2D eigenvalue weighted by Gasteiger charge is 2.57. The third-order valence-electron chi connectivity index (χ3n) is 4.67. The maximum absolute atomic E-state index is 11.9. The molecule has 94 valence electrons. The molecule has 2 aliphatic rings. The number of hydrogen-bond donors (Lipinski definition) is 2. The maximum Gasteiger partial charge on any atom is 0.156 e. The highest BCUT2D eigenvalue weighted by molar-refractivity contribution is 7.93. The molecule has 0 aromatic heterocycles. The molecule has 0 saturated carbocycles. The summed E-state index contributed by atoms with van der Waals surface area (Å²) in [7, 11) is -2.98. The van der Waals surface area contributed by atoms with Gasteiger partial charge < -0.3 is 10.8 Å². The molecule has 0 aromatic carbocycles. The Hall–Kier alpha value is -0.130. The van der Waals surface area contributed by atoms with Crippen molar-refractivity contribution in [3.63, 3.8) is 0 Å². The number of hydrogen-bond acceptors (Lipinski definition) is 4. The summed E-state index contributed by atoms with van der Waals surface area (Å²) in [6, 6.07) is 0. The molecule has 3 unspecified atom stereocenters. The second-order valence-corrected chi connectivity index (χ2v) is 8.13. The predicted octanol–water partition coefficient (Wildman–Crippen LogP) is 0.584. The monoisotopic (exact) mass is 247 g/mol. The highest BCUT2D eigenvalue weighted by Crippen LogP contribution is 2.47. The molecule has 3 N–H and O–H groups in total. The van der Waals surface area contributed by atoms with E-state index in [1.54, 1.807) is 0 Å². The van der Waals surface area contributed by atoms with Gasteiger partial charge in [-0.2, -0.15) is 0 Å². The van der Waals surface area contributed by atoms with Crippen LogP contribution in [0.2, 0.25) is 0 Å². The molecule has 2 saturated heterocycles. The van der Waals surface area contributed by atoms with Crippen molar-refractivity contribution in [1.29, 1.82) is 0 Å². The van der Waals surface area contributed by atoms with Crippen LogP contribution in [-0.2, 0) is 9.84 Å². The molecule has 16 heavy (non-hydrogen) atoms. The quantitative estimate of drug-likeness (QED) is 0.748. The minimum absolute atomic E-state index is 0.312. The summed E-state index contributed by atoms with van der Waals surface area (Å²) >= 11 is 0. The van der Waals surface area contributed by atoms with E-state index in [1.807, 2.05) is 13.8 Å². The summed E-state index contributed by atoms with van der Waals surface area (Å²) < 4.78 is 23.9. The molecule has 2 rings (SSSR count). The lowest BCUT2D eigenvalue weighted by molar-refractivity contribution is -0.0455. The maximum atomic E-state index is 11.9. The van der Waals surface area contributed by atoms with Gasteiger partial charge >= 0.3 is 0 Å². The fraction of sp³-hybridized carbons (Fsp3) is 1.00. The fourth-order valence-corrected chi connectivity index (χ4v) is 5.53. The smallest absolute Gasteiger partial charge is 0.156 e. The lowest BCUT2D eigenvalue weighted by Gasteiger charge is -2.46. The van der Waals surface area contributed by atoms with Crippen molar-refractivity contribution in [1.82, 2.24) is 0 Å². The first-order valence-electron chi connectivity index (χ1n) is 5.97. The third-order valence-corrected chi connectivity index (χ3v) is 7.33. The molecule has 0 spiro atoms. The molecule has 0 aliphatic carbocycles. The third kappa shape index (κ3) is 1.52. The first kappa shape index (κ1) is 12.3. The van der Waals surface area contributed by atoms with Gasteiger partial charge in [0.25, 0.3) is 0 Å². The van der Waals surface area contributed by atoms with Crippen LogP contribution in [0.15, 0.2) is 0 Å². The zero-order valence-corrected chi connectivity index (χ0v) is 10.8. The first-order valence-corrected chi connectivity index (χ1v) is 7.58. The van der Waals surface area contributed by atoms with E-state index in [4.69, 9.17) is 5.73 Å². The molecular formula is C11H21NO3S. The molecule has 5 heteroatoms. The second kappa shape index (κ2) is 3.43. The van der Waals surface area contributed by atoms with Crippen LogP contribution in [-0.4, -0.2) is 35.2 Å². The Bertz CT molecular complexity index is 368. The van der Waals surface area contributed by atoms with Gasteiger partial charge in [-0.25, -0.2) is 8.42 Å². The van der Waals surface area contributed by atoms with Crippen LogP contribution >= 0.6 is 0 Å². The van der Waals surface area contributed by atoms with Gasteiger partial charge in [-0.15, -0.1) is 0 Å². The van der Waals surface area contributed by atoms with Crippen molar-refractivity contribution in [3.8, 4) is 0 Å². The number of rotatable bonds is 2. The van der Waals surface area contributed by atoms with Crippen molar-refractivity contribution in [2.75, 3.05) is 0 Å². The molecule has 2 aliphatic heterocycles. The first-order chi connectivity index (χ1) is 7.23. The van der Waals surface area contributed by atoms with Gasteiger partial charge in [-0.3, -0.25) is 0 Å². The molecular weight excluding hydrogens is 226 g/mol. The van der Waals surface area contributed by atoms with E-state index in [0.717, 1.165) is 0 Å². The van der Waals surface area contributed by atoms with Crippen LogP contribution in [0.25, 0.3) is 0 Å². The van der Waals surface area contributed by atoms with Gasteiger partial charge in [-0.05, 0) is 39.0 Å². The largest absolute Gasteiger partial charge is 0.388 e. The van der Waals surface area contributed by atoms with Crippen molar-refractivity contribution in [2.24, 2.45) is 5.73 Å². The molecule has 2 fully saturated rings. The summed E-state index contributed by atoms with van der Waals surface area (Å²) in [5, 5.41) is 9.88. The van der Waals surface area contributed by atoms with Crippen molar-refractivity contribution >= 4 is 9.84 Å². The normalized spacial score (nSPS) is 45.2. The van der Waals surface area contributed by atoms with E-state index in [2.05, 4.69) is 0 Å². The van der Waals surface area contributed by atoms with Crippen LogP contribution in [0.3, 0.4) is 0 Å². The van der Waals surface area contributed by atoms with E-state index >= 15 is 0 Å². The highest BCUT2D eigenvalue weighted by atomic mass is 32.2. The van der Waals surface area contributed by atoms with E-state index < -0.39 is 21.0 Å². The Morgan fingerprint density at radius 2 is 1.81 bits per heavy atom. The summed E-state index contributed by atoms with van der Waals surface area (Å²) in [5.41, 5.74) is 4.42. The Balaban J connectivity index is 2.32. The number of fused-ring (bicyclic) bond motifs is 2. The van der Waals surface area contributed by atoms with Gasteiger partial charge in [0.2, 0.25) is 0 Å². The molecule has 2 heterocycles. The zero-order valence-electron chi connectivity index (χ0n) is 9.94. The van der Waals surface area contributed by atoms with E-state index in [9.17, 15) is 13.5 Å². The van der Waals surface area contributed by atoms with Crippen molar-refractivity contribution in [3.05, 3.63) is 0 Å². The molecule has 0 radical (unpaired) electrons. The van der Waals surface area contributed by atoms with Gasteiger partial charge in [0, 0.05) is 5.54 Å². The van der Waals surface area contributed by atoms with Gasteiger partial charge in [0.1, 0.15) is 0 Å². The fourth-order valence-electron chi connectivity index (χ4n) is 3.04. The average Bonchev–Trinajstić information content (AvgIpc) is 2.41. The Morgan fingerprint density at radius 1 is 1.38 bits per heavy atom. The van der Waals surface area contributed by atoms with E-state index in [0.29, 0.717) is 32.1 Å². The van der Waals surface area contributed by atoms with Gasteiger partial charge in [-0.1, -0.05) is 6.92 Å². The number of aliphatic hydroxyl groups is 1. The summed E-state index contributed by atoms with van der Waals surface area (Å²) in [6.45, 7) is 3.76. The van der Waals surface area contributed by atoms with Crippen LogP contribution in [0.5, 0.6) is 0 Å². The van der Waals surface area contributed by atoms with E-state index in [1.165, 1.54) is 0 Å². The Morgan fingerprint density at radius 3 is 2.19 bits per heavy atom. The summed E-state index contributed by atoms with van der Waals surface area (Å²) in [6.07, 6.45) is 2.66. The Labute approximate surface area is 97.1 Å². The molecule has 4 nitrogen and oxygen atoms in total. The van der Waals surface area contributed by atoms with Gasteiger partial charge in [0.15, 0.2) is 9.84 Å². The minimum atomic E-state index is -2.98. The standard InChI is InChI=1S/C11H21NO3S/c1-3-10(2,12)11(13)6-8-4-5-9(7-11)16(8,14)15/h8-9,13H,3-7,12H2,1-2H3. The number of sulfone groups is 1. The van der Waals surface area contributed by atoms with Crippen LogP contribution in [0.1, 0.15) is 46.0 Å². The van der Waals surface area contributed by atoms with Crippen LogP contribution < -0.4 is 5.73 Å². The predicted molar refractivity (Wildman–Crippen MR) is 62.8 cm³/mol. The van der Waals surface area contributed by atoms with Gasteiger partial charge in [0.05, 0.1) is 16.1 Å². The molecule has 0 aromatic rings. The summed E-state index contributed by atoms with van der Waals surface area (Å²) in [5.74, 6) is 0. The molecule has 0 amide bonds. The lowest BCUT2D eigenvalue weighted by Crippen LogP contribution is -2.63. The number of nitrogens with two attached hydrogens (primary N) is 1. The molecule has 3 atom stereocenters. The van der Waals surface area contributed by atoms with Crippen molar-refractivity contribution in [2.45, 2.75) is 67.6 Å². The topological polar surface area (TPSA) is 80.4 Å². The molecule has 2 bridgehead atoms. The second-order valence-electron chi connectivity index (χ2n) is 5.62. The average molecular weight is 247 g/mol. The van der Waals surface area contributed by atoms with E-state index in [-0.39, 0.29) is 10.5 Å². The lowest BCUT2D eigenvalue weighted by atomic mass is 9.74. The SMILES string of the molecule is CCC(C)(N)C1(O)CC2CCC(C1)S2(=O)=O. The van der Waals surface area contributed by atoms with Crippen LogP contribution in [0.4, 0.5) is 0 Å².